The molecule has 1 amide bonds. The molecule has 1 aromatic rings. The molecule has 0 fully saturated rings. The summed E-state index contributed by atoms with van der Waals surface area (Å²) in [6.07, 6.45) is 0.372. The van der Waals surface area contributed by atoms with E-state index in [1.807, 2.05) is 0 Å². The monoisotopic (exact) mass is 216 g/mol. The second-order valence-corrected chi connectivity index (χ2v) is 3.20. The van der Waals surface area contributed by atoms with Gasteiger partial charge in [0.05, 0.1) is 0 Å². The number of nitrogens with zero attached hydrogens (tertiary/aromatic N) is 1. The third kappa shape index (κ3) is 3.65. The van der Waals surface area contributed by atoms with Crippen LogP contribution in [0.25, 0.3) is 0 Å². The molecule has 0 bridgehead atoms. The van der Waals surface area contributed by atoms with Crippen LogP contribution in [0.3, 0.4) is 0 Å². The maximum absolute atomic E-state index is 11.1. The van der Waals surface area contributed by atoms with Gasteiger partial charge < -0.3 is 5.32 Å². The number of nitrogens with one attached hydrogen (secondary N) is 1. The number of anilines is 1. The summed E-state index contributed by atoms with van der Waals surface area (Å²) in [6.45, 7) is 0. The highest BCUT2D eigenvalue weighted by Gasteiger charge is 2.01. The van der Waals surface area contributed by atoms with E-state index in [9.17, 15) is 4.79 Å². The van der Waals surface area contributed by atoms with E-state index in [0.717, 1.165) is 0 Å². The predicted octanol–water partition coefficient (Wildman–Crippen LogP) is 1.99. The van der Waals surface area contributed by atoms with Gasteiger partial charge in [-0.05, 0) is 17.9 Å². The van der Waals surface area contributed by atoms with Crippen LogP contribution < -0.4 is 5.32 Å². The average Bonchev–Trinajstić information content (AvgIpc) is 2.04. The molecule has 0 aromatic carbocycles. The van der Waals surface area contributed by atoms with Crippen LogP contribution in [0, 0.1) is 0 Å². The summed E-state index contributed by atoms with van der Waals surface area (Å²) in [5, 5.41) is 2.96. The van der Waals surface area contributed by atoms with E-state index in [4.69, 9.17) is 11.6 Å². The largest absolute Gasteiger partial charge is 0.311 e. The first-order chi connectivity index (χ1) is 6.22. The van der Waals surface area contributed by atoms with Gasteiger partial charge in [0, 0.05) is 6.42 Å². The molecule has 0 spiro atoms. The first-order valence-corrected chi connectivity index (χ1v) is 4.76. The lowest BCUT2D eigenvalue weighted by atomic mass is 10.4. The minimum absolute atomic E-state index is 0.107. The highest BCUT2D eigenvalue weighted by Crippen LogP contribution is 2.09. The first-order valence-electron chi connectivity index (χ1n) is 3.75. The number of carbonyl (C=O) groups is 1. The van der Waals surface area contributed by atoms with Crippen molar-refractivity contribution in [2.45, 2.75) is 6.42 Å². The maximum atomic E-state index is 11.1. The summed E-state index contributed by atoms with van der Waals surface area (Å²) in [5.41, 5.74) is 0. The SMILES string of the molecule is O=C(CCS)Nc1cccc(Cl)n1. The Labute approximate surface area is 86.9 Å². The molecule has 0 unspecified atom stereocenters. The molecular weight excluding hydrogens is 208 g/mol. The zero-order valence-corrected chi connectivity index (χ0v) is 8.48. The molecule has 0 aliphatic heterocycles. The van der Waals surface area contributed by atoms with Crippen molar-refractivity contribution in [3.05, 3.63) is 23.4 Å². The Morgan fingerprint density at radius 3 is 3.00 bits per heavy atom. The first kappa shape index (κ1) is 10.3. The predicted molar refractivity (Wildman–Crippen MR) is 56.3 cm³/mol. The number of hydrogen-bond acceptors (Lipinski definition) is 3. The minimum Gasteiger partial charge on any atom is -0.311 e. The smallest absolute Gasteiger partial charge is 0.226 e. The van der Waals surface area contributed by atoms with Gasteiger partial charge in [0.25, 0.3) is 0 Å². The normalized spacial score (nSPS) is 9.69. The van der Waals surface area contributed by atoms with Gasteiger partial charge in [-0.25, -0.2) is 4.98 Å². The van der Waals surface area contributed by atoms with E-state index in [1.165, 1.54) is 0 Å². The number of carbonyl (C=O) groups excluding carboxylic acids is 1. The summed E-state index contributed by atoms with van der Waals surface area (Å²) < 4.78 is 0. The molecule has 3 nitrogen and oxygen atoms in total. The van der Waals surface area contributed by atoms with Crippen molar-refractivity contribution in [1.29, 1.82) is 0 Å². The van der Waals surface area contributed by atoms with Crippen LogP contribution in [-0.4, -0.2) is 16.6 Å². The fourth-order valence-corrected chi connectivity index (χ4v) is 1.15. The molecule has 0 saturated carbocycles. The highest BCUT2D eigenvalue weighted by atomic mass is 35.5. The van der Waals surface area contributed by atoms with Crippen LogP contribution in [0.1, 0.15) is 6.42 Å². The molecule has 0 radical (unpaired) electrons. The summed E-state index contributed by atoms with van der Waals surface area (Å²) >= 11 is 9.57. The Hall–Kier alpha value is -0.740. The molecule has 0 aliphatic rings. The summed E-state index contributed by atoms with van der Waals surface area (Å²) in [7, 11) is 0. The molecule has 5 heteroatoms. The Morgan fingerprint density at radius 2 is 2.38 bits per heavy atom. The van der Waals surface area contributed by atoms with Crippen molar-refractivity contribution in [2.24, 2.45) is 0 Å². The Kier molecular flexibility index (Phi) is 4.05. The van der Waals surface area contributed by atoms with E-state index in [-0.39, 0.29) is 5.91 Å². The van der Waals surface area contributed by atoms with Gasteiger partial charge in [-0.2, -0.15) is 12.6 Å². The third-order valence-electron chi connectivity index (χ3n) is 1.32. The molecule has 1 N–H and O–H groups in total. The number of thiol groups is 1. The second kappa shape index (κ2) is 5.09. The minimum atomic E-state index is -0.107. The molecule has 70 valence electrons. The van der Waals surface area contributed by atoms with Crippen LogP contribution in [0.5, 0.6) is 0 Å². The van der Waals surface area contributed by atoms with Crippen LogP contribution in [-0.2, 0) is 4.79 Å². The number of hydrogen-bond donors (Lipinski definition) is 2. The summed E-state index contributed by atoms with van der Waals surface area (Å²) in [6, 6.07) is 5.06. The van der Waals surface area contributed by atoms with Crippen molar-refractivity contribution in [1.82, 2.24) is 4.98 Å². The van der Waals surface area contributed by atoms with E-state index in [0.29, 0.717) is 23.1 Å². The van der Waals surface area contributed by atoms with Gasteiger partial charge in [-0.15, -0.1) is 0 Å². The van der Waals surface area contributed by atoms with Gasteiger partial charge in [0.1, 0.15) is 11.0 Å². The Bertz CT molecular complexity index is 306. The lowest BCUT2D eigenvalue weighted by Crippen LogP contribution is -2.12. The lowest BCUT2D eigenvalue weighted by Gasteiger charge is -2.02. The van der Waals surface area contributed by atoms with Gasteiger partial charge >= 0.3 is 0 Å². The van der Waals surface area contributed by atoms with Crippen molar-refractivity contribution in [3.8, 4) is 0 Å². The standard InChI is InChI=1S/C8H9ClN2OS/c9-6-2-1-3-7(10-6)11-8(12)4-5-13/h1-3,13H,4-5H2,(H,10,11,12). The molecular formula is C8H9ClN2OS. The summed E-state index contributed by atoms with van der Waals surface area (Å²) in [5.74, 6) is 0.885. The number of amides is 1. The van der Waals surface area contributed by atoms with Crippen LogP contribution >= 0.6 is 24.2 Å². The average molecular weight is 217 g/mol. The van der Waals surface area contributed by atoms with Crippen LogP contribution in [0.15, 0.2) is 18.2 Å². The van der Waals surface area contributed by atoms with E-state index >= 15 is 0 Å². The van der Waals surface area contributed by atoms with Gasteiger partial charge in [-0.1, -0.05) is 17.7 Å². The molecule has 1 heterocycles. The molecule has 1 aromatic heterocycles. The third-order valence-corrected chi connectivity index (χ3v) is 1.76. The quantitative estimate of drug-likeness (QED) is 0.600. The second-order valence-electron chi connectivity index (χ2n) is 2.37. The lowest BCUT2D eigenvalue weighted by molar-refractivity contribution is -0.115. The van der Waals surface area contributed by atoms with Crippen LogP contribution in [0.4, 0.5) is 5.82 Å². The molecule has 0 aliphatic carbocycles. The van der Waals surface area contributed by atoms with Crippen molar-refractivity contribution < 1.29 is 4.79 Å². The van der Waals surface area contributed by atoms with Gasteiger partial charge in [0.15, 0.2) is 0 Å². The van der Waals surface area contributed by atoms with Crippen molar-refractivity contribution in [2.75, 3.05) is 11.1 Å². The molecule has 0 saturated heterocycles. The maximum Gasteiger partial charge on any atom is 0.226 e. The van der Waals surface area contributed by atoms with E-state index < -0.39 is 0 Å². The molecule has 0 atom stereocenters. The fraction of sp³-hybridized carbons (Fsp3) is 0.250. The molecule has 13 heavy (non-hydrogen) atoms. The van der Waals surface area contributed by atoms with E-state index in [2.05, 4.69) is 22.9 Å². The number of aromatic nitrogens is 1. The van der Waals surface area contributed by atoms with Crippen LogP contribution in [0.2, 0.25) is 5.15 Å². The Balaban J connectivity index is 2.58. The van der Waals surface area contributed by atoms with Crippen molar-refractivity contribution >= 4 is 36.0 Å². The topological polar surface area (TPSA) is 42.0 Å². The fourth-order valence-electron chi connectivity index (χ4n) is 0.785. The van der Waals surface area contributed by atoms with Gasteiger partial charge in [0.2, 0.25) is 5.91 Å². The highest BCUT2D eigenvalue weighted by molar-refractivity contribution is 7.80. The number of pyridine rings is 1. The van der Waals surface area contributed by atoms with Crippen molar-refractivity contribution in [3.63, 3.8) is 0 Å². The summed E-state index contributed by atoms with van der Waals surface area (Å²) in [4.78, 5) is 15.0. The number of rotatable bonds is 3. The number of halogens is 1. The zero-order chi connectivity index (χ0) is 9.68. The van der Waals surface area contributed by atoms with Gasteiger partial charge in [-0.3, -0.25) is 4.79 Å². The Morgan fingerprint density at radius 1 is 1.62 bits per heavy atom. The molecule has 1 rings (SSSR count). The van der Waals surface area contributed by atoms with E-state index in [1.54, 1.807) is 18.2 Å². The zero-order valence-electron chi connectivity index (χ0n) is 6.83.